The van der Waals surface area contributed by atoms with E-state index in [0.29, 0.717) is 52.5 Å². The molecule has 0 spiro atoms. The van der Waals surface area contributed by atoms with E-state index in [1.807, 2.05) is 5.48 Å². The first-order chi connectivity index (χ1) is 49.2. The van der Waals surface area contributed by atoms with Crippen molar-refractivity contribution in [2.75, 3.05) is 10.5 Å². The predicted octanol–water partition coefficient (Wildman–Crippen LogP) is 17.2. The number of hydrogen-bond acceptors (Lipinski definition) is 16. The number of carbonyl (C=O) groups is 2. The number of amides is 1. The van der Waals surface area contributed by atoms with Crippen LogP contribution >= 0.6 is 69.6 Å². The average molecular weight is 1560 g/mol. The van der Waals surface area contributed by atoms with Crippen LogP contribution in [-0.2, 0) is 34.1 Å². The molecule has 0 aliphatic heterocycles. The van der Waals surface area contributed by atoms with E-state index in [-0.39, 0.29) is 128 Å². The van der Waals surface area contributed by atoms with Crippen molar-refractivity contribution >= 4 is 131 Å². The maximum atomic E-state index is 14.2. The van der Waals surface area contributed by atoms with Crippen molar-refractivity contribution in [3.8, 4) is 28.7 Å². The highest BCUT2D eigenvalue weighted by Gasteiger charge is 2.23. The second-order valence-electron chi connectivity index (χ2n) is 21.3. The van der Waals surface area contributed by atoms with Crippen molar-refractivity contribution in [3.05, 3.63) is 293 Å². The van der Waals surface area contributed by atoms with Crippen molar-refractivity contribution in [3.63, 3.8) is 0 Å². The maximum Gasteiger partial charge on any atom is 0.330 e. The highest BCUT2D eigenvalue weighted by atomic mass is 35.5. The number of carbonyl (C=O) groups excluding carboxylic acids is 2. The fourth-order valence-electron chi connectivity index (χ4n) is 9.56. The van der Waals surface area contributed by atoms with Crippen LogP contribution in [0.15, 0.2) is 161 Å². The maximum absolute atomic E-state index is 14.2. The Morgan fingerprint density at radius 1 is 0.500 bits per heavy atom. The second kappa shape index (κ2) is 32.9. The fourth-order valence-corrected chi connectivity index (χ4v) is 11.2. The molecule has 3 aromatic heterocycles. The Morgan fingerprint density at radius 3 is 1.16 bits per heavy atom. The number of nitro benzene ring substituents is 1. The minimum atomic E-state index is -1.08. The van der Waals surface area contributed by atoms with Crippen LogP contribution in [0.3, 0.4) is 0 Å². The van der Waals surface area contributed by atoms with Crippen LogP contribution in [0.5, 0.6) is 28.7 Å². The van der Waals surface area contributed by atoms with Gasteiger partial charge in [0.05, 0.1) is 118 Å². The molecule has 1 amide bonds. The number of nitrogens with zero attached hydrogens (tertiary/aromatic N) is 8. The number of hydrogen-bond donors (Lipinski definition) is 3. The van der Waals surface area contributed by atoms with Gasteiger partial charge in [-0.25, -0.2) is 48.7 Å². The van der Waals surface area contributed by atoms with Gasteiger partial charge in [-0.3, -0.25) is 40.0 Å². The van der Waals surface area contributed by atoms with E-state index < -0.39 is 97.2 Å². The Labute approximate surface area is 605 Å². The summed E-state index contributed by atoms with van der Waals surface area (Å²) in [7, 11) is 0. The van der Waals surface area contributed by atoms with E-state index >= 15 is 0 Å². The molecule has 0 fully saturated rings. The minimum absolute atomic E-state index is 0.0255. The number of halogens is 16. The number of fused-ring (bicyclic) bond motifs is 3. The summed E-state index contributed by atoms with van der Waals surface area (Å²) < 4.78 is 152. The van der Waals surface area contributed by atoms with Crippen LogP contribution < -0.4 is 36.7 Å². The molecule has 104 heavy (non-hydrogen) atoms. The van der Waals surface area contributed by atoms with Crippen molar-refractivity contribution in [2.45, 2.75) is 33.5 Å². The Morgan fingerprint density at radius 2 is 0.837 bits per heavy atom. The lowest BCUT2D eigenvalue weighted by molar-refractivity contribution is -0.384. The van der Waals surface area contributed by atoms with Crippen molar-refractivity contribution < 1.29 is 83.0 Å². The molecule has 0 saturated carbocycles. The van der Waals surface area contributed by atoms with Crippen LogP contribution in [0.2, 0.25) is 30.1 Å². The largest absolute Gasteiger partial charge is 0.508 e. The number of hydroxylamine groups is 1. The zero-order valence-electron chi connectivity index (χ0n) is 52.1. The SMILES string of the molecule is CC(=O)ON(C(C)=O)c1cc(Cl)c(Oc2ccc3c(c2)c(=O)ncn3Cc2c(F)cc(F)cc2F)c(Cl)c1.O=[N+]([O-])c1cc(Cl)c(F)c(Cl)c1.O=c1ncn(Cc2c(F)cc(F)cc2F)c2ccc(O)cc12.O=c1ncn(Cc2c(F)cc(F)cc2F)c2ccc(Oc3c(Cl)cc(NO)cc3Cl)cc12. The average Bonchev–Trinajstić information content (AvgIpc) is 0.792. The summed E-state index contributed by atoms with van der Waals surface area (Å²) in [6, 6.07) is 23.2. The molecule has 0 aliphatic carbocycles. The van der Waals surface area contributed by atoms with E-state index in [4.69, 9.17) is 89.1 Å². The lowest BCUT2D eigenvalue weighted by atomic mass is 10.1. The first-order valence-electron chi connectivity index (χ1n) is 28.8. The molecule has 0 saturated heterocycles. The number of non-ortho nitro benzene ring substituents is 1. The van der Waals surface area contributed by atoms with Gasteiger partial charge in [0, 0.05) is 79.1 Å². The number of aromatic nitrogens is 6. The highest BCUT2D eigenvalue weighted by molar-refractivity contribution is 6.38. The van der Waals surface area contributed by atoms with Crippen molar-refractivity contribution in [2.24, 2.45) is 0 Å². The van der Waals surface area contributed by atoms with Gasteiger partial charge in [0.25, 0.3) is 28.3 Å². The number of nitro groups is 1. The Bertz CT molecular complexity index is 5490. The molecular formula is C67H39Cl6F10N9O12. The predicted molar refractivity (Wildman–Crippen MR) is 362 cm³/mol. The van der Waals surface area contributed by atoms with E-state index in [1.54, 1.807) is 0 Å². The summed E-state index contributed by atoms with van der Waals surface area (Å²) in [5, 5.41) is 29.0. The van der Waals surface area contributed by atoms with Gasteiger partial charge in [-0.2, -0.15) is 15.0 Å². The van der Waals surface area contributed by atoms with E-state index in [2.05, 4.69) is 15.0 Å². The van der Waals surface area contributed by atoms with Gasteiger partial charge in [-0.1, -0.05) is 69.6 Å². The standard InChI is InChI=1S/C25H16Cl2F3N3O5.C21H12Cl2F3N3O3.C15H9F3N2O2.C6H2Cl2FNO2/c1-12(34)33(38-13(2)35)15-7-19(26)24(20(27)8-15)37-16-3-4-23-17(9-16)25(36)31-11-32(23)10-18-21(29)5-14(28)6-22(18)30;22-15-5-11(28-31)6-16(23)20(15)32-12-1-2-19-13(7-12)21(30)27-9-29(19)8-14-17(25)3-10(24)4-18(14)26;16-8-3-12(17)11(13(18)4-8)6-20-7-19-15(22)10-5-9(21)1-2-14(10)20;7-4-1-3(10(11)12)2-5(8)6(4)9/h3-9,11H,10H2,1-2H3;1-7,9,28,31H,8H2;1-5,7,21H,6H2;1-2H. The minimum Gasteiger partial charge on any atom is -0.508 e. The Balaban J connectivity index is 0.000000171. The third-order valence-corrected chi connectivity index (χ3v) is 15.9. The molecule has 3 heterocycles. The first-order valence-corrected chi connectivity index (χ1v) is 31.0. The van der Waals surface area contributed by atoms with Crippen molar-refractivity contribution in [1.82, 2.24) is 28.7 Å². The molecule has 0 aliphatic rings. The van der Waals surface area contributed by atoms with Gasteiger partial charge in [0.15, 0.2) is 17.3 Å². The third kappa shape index (κ3) is 18.2. The summed E-state index contributed by atoms with van der Waals surface area (Å²) >= 11 is 35.5. The zero-order chi connectivity index (χ0) is 75.9. The van der Waals surface area contributed by atoms with E-state index in [1.165, 1.54) is 99.5 Å². The van der Waals surface area contributed by atoms with Gasteiger partial charge in [0.2, 0.25) is 0 Å². The molecule has 0 atom stereocenters. The smallest absolute Gasteiger partial charge is 0.330 e. The van der Waals surface area contributed by atoms with Crippen LogP contribution in [0.4, 0.5) is 61.0 Å². The summed E-state index contributed by atoms with van der Waals surface area (Å²) in [5.41, 5.74) is -0.105. The molecule has 0 bridgehead atoms. The normalized spacial score (nSPS) is 10.9. The summed E-state index contributed by atoms with van der Waals surface area (Å²) in [6.07, 6.45) is 3.40. The van der Waals surface area contributed by atoms with Gasteiger partial charge in [-0.15, -0.1) is 5.06 Å². The number of anilines is 2. The summed E-state index contributed by atoms with van der Waals surface area (Å²) in [4.78, 5) is 85.1. The number of benzene rings is 9. The summed E-state index contributed by atoms with van der Waals surface area (Å²) in [5.74, 6) is -11.4. The topological polar surface area (TPSA) is 265 Å². The number of rotatable bonds is 13. The van der Waals surface area contributed by atoms with Gasteiger partial charge >= 0.3 is 5.97 Å². The molecule has 12 aromatic rings. The van der Waals surface area contributed by atoms with Crippen molar-refractivity contribution in [1.29, 1.82) is 0 Å². The molecule has 536 valence electrons. The monoisotopic (exact) mass is 1560 g/mol. The molecule has 37 heteroatoms. The molecular weight excluding hydrogens is 1530 g/mol. The Hall–Kier alpha value is -11.1. The molecule has 0 radical (unpaired) electrons. The van der Waals surface area contributed by atoms with Gasteiger partial charge in [0.1, 0.15) is 69.6 Å². The quantitative estimate of drug-likeness (QED) is 0.0419. The highest BCUT2D eigenvalue weighted by Crippen LogP contribution is 2.42. The summed E-state index contributed by atoms with van der Waals surface area (Å²) in [6.45, 7) is 1.33. The molecule has 0 unspecified atom stereocenters. The Kier molecular flexibility index (Phi) is 24.4. The molecule has 21 nitrogen and oxygen atoms in total. The zero-order valence-corrected chi connectivity index (χ0v) is 56.6. The second-order valence-corrected chi connectivity index (χ2v) is 23.8. The van der Waals surface area contributed by atoms with E-state index in [9.17, 15) is 83.1 Å². The number of aromatic hydroxyl groups is 1. The number of nitrogens with one attached hydrogen (secondary N) is 1. The fraction of sp³-hybridized carbons (Fsp3) is 0.0746. The van der Waals surface area contributed by atoms with Gasteiger partial charge in [-0.05, 0) is 78.9 Å². The van der Waals surface area contributed by atoms with Crippen LogP contribution in [0, 0.1) is 68.3 Å². The lowest BCUT2D eigenvalue weighted by Gasteiger charge is -2.20. The number of phenols is 1. The first kappa shape index (κ1) is 77.1. The number of ether oxygens (including phenoxy) is 2. The molecule has 12 rings (SSSR count). The van der Waals surface area contributed by atoms with Gasteiger partial charge < -0.3 is 33.1 Å². The van der Waals surface area contributed by atoms with E-state index in [0.717, 1.165) is 38.0 Å². The van der Waals surface area contributed by atoms with Crippen LogP contribution in [-0.4, -0.2) is 55.8 Å². The van der Waals surface area contributed by atoms with Crippen LogP contribution in [0.1, 0.15) is 30.5 Å². The number of phenolic OH excluding ortho intramolecular Hbond substituents is 1. The molecule has 3 N–H and O–H groups in total. The lowest BCUT2D eigenvalue weighted by Crippen LogP contribution is -2.30. The molecule has 9 aromatic carbocycles. The van der Waals surface area contributed by atoms with Crippen LogP contribution in [0.25, 0.3) is 32.7 Å². The third-order valence-electron chi connectivity index (χ3n) is 14.3.